The third kappa shape index (κ3) is 3.34. The molecule has 4 rings (SSSR count). The van der Waals surface area contributed by atoms with Gasteiger partial charge in [-0.05, 0) is 29.7 Å². The summed E-state index contributed by atoms with van der Waals surface area (Å²) < 4.78 is 1.50. The van der Waals surface area contributed by atoms with E-state index in [-0.39, 0.29) is 12.1 Å². The lowest BCUT2D eigenvalue weighted by molar-refractivity contribution is 0.0908. The van der Waals surface area contributed by atoms with Crippen LogP contribution < -0.4 is 5.56 Å². The van der Waals surface area contributed by atoms with E-state index in [1.807, 2.05) is 18.2 Å². The molecule has 1 atom stereocenters. The lowest BCUT2D eigenvalue weighted by Crippen LogP contribution is -2.39. The zero-order chi connectivity index (χ0) is 17.2. The van der Waals surface area contributed by atoms with Crippen LogP contribution >= 0.6 is 0 Å². The van der Waals surface area contributed by atoms with E-state index in [0.29, 0.717) is 17.4 Å². The molecule has 1 aliphatic rings. The lowest BCUT2D eigenvalue weighted by atomic mass is 10.00. The average molecular weight is 335 g/mol. The highest BCUT2D eigenvalue weighted by Crippen LogP contribution is 2.18. The van der Waals surface area contributed by atoms with Crippen molar-refractivity contribution in [1.29, 1.82) is 0 Å². The topological polar surface area (TPSA) is 58.4 Å². The molecule has 2 heterocycles. The number of nitrogens with zero attached hydrogens (tertiary/aromatic N) is 3. The van der Waals surface area contributed by atoms with Crippen LogP contribution in [0.3, 0.4) is 0 Å². The Kier molecular flexibility index (Phi) is 4.34. The molecule has 1 aromatic heterocycles. The molecule has 0 radical (unpaired) electrons. The predicted molar refractivity (Wildman–Crippen MR) is 97.4 cm³/mol. The Morgan fingerprint density at radius 1 is 1.04 bits per heavy atom. The smallest absolute Gasteiger partial charge is 0.261 e. The van der Waals surface area contributed by atoms with Gasteiger partial charge in [0.15, 0.2) is 0 Å². The van der Waals surface area contributed by atoms with Crippen molar-refractivity contribution in [1.82, 2.24) is 14.5 Å². The minimum atomic E-state index is -0.606. The zero-order valence-corrected chi connectivity index (χ0v) is 14.0. The fraction of sp³-hybridized carbons (Fsp3) is 0.300. The third-order valence-corrected chi connectivity index (χ3v) is 4.82. The van der Waals surface area contributed by atoms with E-state index in [2.05, 4.69) is 34.1 Å². The van der Waals surface area contributed by atoms with Crippen LogP contribution in [0.15, 0.2) is 59.7 Å². The first-order valence-electron chi connectivity index (χ1n) is 8.62. The maximum absolute atomic E-state index is 12.5. The van der Waals surface area contributed by atoms with E-state index >= 15 is 0 Å². The third-order valence-electron chi connectivity index (χ3n) is 4.82. The van der Waals surface area contributed by atoms with Crippen molar-refractivity contribution < 1.29 is 5.11 Å². The van der Waals surface area contributed by atoms with E-state index < -0.39 is 6.10 Å². The summed E-state index contributed by atoms with van der Waals surface area (Å²) >= 11 is 0. The van der Waals surface area contributed by atoms with Gasteiger partial charge in [0.1, 0.15) is 0 Å². The highest BCUT2D eigenvalue weighted by atomic mass is 16.3. The van der Waals surface area contributed by atoms with E-state index in [9.17, 15) is 9.90 Å². The summed E-state index contributed by atoms with van der Waals surface area (Å²) in [6.45, 7) is 2.58. The molecule has 2 aromatic carbocycles. The summed E-state index contributed by atoms with van der Waals surface area (Å²) in [6, 6.07) is 15.7. The van der Waals surface area contributed by atoms with Crippen molar-refractivity contribution in [2.24, 2.45) is 0 Å². The normalized spacial score (nSPS) is 15.9. The van der Waals surface area contributed by atoms with Crippen LogP contribution in [0.2, 0.25) is 0 Å². The number of β-amino-alcohol motifs (C(OH)–C–C–N with tert-alkyl or cyclic N) is 1. The Balaban J connectivity index is 1.45. The molecule has 128 valence electrons. The molecule has 5 heteroatoms. The first kappa shape index (κ1) is 16.0. The van der Waals surface area contributed by atoms with Crippen LogP contribution in [0.25, 0.3) is 10.9 Å². The zero-order valence-electron chi connectivity index (χ0n) is 14.0. The van der Waals surface area contributed by atoms with Gasteiger partial charge in [-0.1, -0.05) is 36.4 Å². The Morgan fingerprint density at radius 2 is 1.80 bits per heavy atom. The van der Waals surface area contributed by atoms with Gasteiger partial charge >= 0.3 is 0 Å². The SMILES string of the molecule is O=c1c2ccccc2ncn1CC(O)CN1CCc2ccccc2C1. The Labute approximate surface area is 146 Å². The number of rotatable bonds is 4. The van der Waals surface area contributed by atoms with Gasteiger partial charge < -0.3 is 5.11 Å². The van der Waals surface area contributed by atoms with Crippen molar-refractivity contribution in [3.63, 3.8) is 0 Å². The van der Waals surface area contributed by atoms with Gasteiger partial charge in [0, 0.05) is 19.6 Å². The van der Waals surface area contributed by atoms with Gasteiger partial charge in [-0.3, -0.25) is 14.3 Å². The number of fused-ring (bicyclic) bond motifs is 2. The van der Waals surface area contributed by atoms with Gasteiger partial charge in [0.05, 0.1) is 29.9 Å². The maximum atomic E-state index is 12.5. The molecule has 5 nitrogen and oxygen atoms in total. The molecule has 0 saturated carbocycles. The van der Waals surface area contributed by atoms with Gasteiger partial charge in [-0.15, -0.1) is 0 Å². The largest absolute Gasteiger partial charge is 0.390 e. The van der Waals surface area contributed by atoms with Crippen molar-refractivity contribution >= 4 is 10.9 Å². The fourth-order valence-electron chi connectivity index (χ4n) is 3.53. The predicted octanol–water partition coefficient (Wildman–Crippen LogP) is 1.82. The minimum absolute atomic E-state index is 0.103. The van der Waals surface area contributed by atoms with Gasteiger partial charge in [-0.2, -0.15) is 0 Å². The number of aromatic nitrogens is 2. The molecule has 0 spiro atoms. The first-order chi connectivity index (χ1) is 12.2. The van der Waals surface area contributed by atoms with Crippen LogP contribution in [0.5, 0.6) is 0 Å². The van der Waals surface area contributed by atoms with Crippen LogP contribution in [-0.4, -0.2) is 38.8 Å². The molecule has 0 fully saturated rings. The molecule has 25 heavy (non-hydrogen) atoms. The molecular formula is C20H21N3O2. The van der Waals surface area contributed by atoms with Gasteiger partial charge in [-0.25, -0.2) is 4.98 Å². The Morgan fingerprint density at radius 3 is 2.68 bits per heavy atom. The van der Waals surface area contributed by atoms with Crippen LogP contribution in [0.1, 0.15) is 11.1 Å². The summed E-state index contributed by atoms with van der Waals surface area (Å²) in [5.74, 6) is 0. The van der Waals surface area contributed by atoms with Crippen molar-refractivity contribution in [2.45, 2.75) is 25.6 Å². The molecule has 0 bridgehead atoms. The molecule has 0 saturated heterocycles. The highest BCUT2D eigenvalue weighted by molar-refractivity contribution is 5.76. The molecule has 1 unspecified atom stereocenters. The number of hydrogen-bond acceptors (Lipinski definition) is 4. The summed E-state index contributed by atoms with van der Waals surface area (Å²) in [5.41, 5.74) is 3.30. The number of hydrogen-bond donors (Lipinski definition) is 1. The quantitative estimate of drug-likeness (QED) is 0.790. The number of aliphatic hydroxyl groups excluding tert-OH is 1. The molecular weight excluding hydrogens is 314 g/mol. The van der Waals surface area contributed by atoms with Crippen LogP contribution in [-0.2, 0) is 19.5 Å². The fourth-order valence-corrected chi connectivity index (χ4v) is 3.53. The molecule has 1 N–H and O–H groups in total. The van der Waals surface area contributed by atoms with Crippen LogP contribution in [0.4, 0.5) is 0 Å². The second-order valence-corrected chi connectivity index (χ2v) is 6.63. The minimum Gasteiger partial charge on any atom is -0.390 e. The highest BCUT2D eigenvalue weighted by Gasteiger charge is 2.19. The summed E-state index contributed by atoms with van der Waals surface area (Å²) in [6.07, 6.45) is 1.92. The molecule has 0 aliphatic carbocycles. The second-order valence-electron chi connectivity index (χ2n) is 6.63. The van der Waals surface area contributed by atoms with Gasteiger partial charge in [0.25, 0.3) is 5.56 Å². The summed E-state index contributed by atoms with van der Waals surface area (Å²) in [5, 5.41) is 11.1. The first-order valence-corrected chi connectivity index (χ1v) is 8.62. The van der Waals surface area contributed by atoms with Crippen molar-refractivity contribution in [2.75, 3.05) is 13.1 Å². The number of benzene rings is 2. The van der Waals surface area contributed by atoms with E-state index in [4.69, 9.17) is 0 Å². The van der Waals surface area contributed by atoms with E-state index in [0.717, 1.165) is 19.5 Å². The summed E-state index contributed by atoms with van der Waals surface area (Å²) in [4.78, 5) is 19.1. The van der Waals surface area contributed by atoms with Gasteiger partial charge in [0.2, 0.25) is 0 Å². The lowest BCUT2D eigenvalue weighted by Gasteiger charge is -2.30. The maximum Gasteiger partial charge on any atom is 0.261 e. The Bertz CT molecular complexity index is 951. The molecule has 1 aliphatic heterocycles. The number of para-hydroxylation sites is 1. The van der Waals surface area contributed by atoms with Crippen molar-refractivity contribution in [3.8, 4) is 0 Å². The number of aliphatic hydroxyl groups is 1. The van der Waals surface area contributed by atoms with Crippen LogP contribution in [0, 0.1) is 0 Å². The average Bonchev–Trinajstić information content (AvgIpc) is 2.64. The monoisotopic (exact) mass is 335 g/mol. The standard InChI is InChI=1S/C20H21N3O2/c24-17(12-22-10-9-15-5-1-2-6-16(15)11-22)13-23-14-21-19-8-4-3-7-18(19)20(23)25/h1-8,14,17,24H,9-13H2. The second kappa shape index (κ2) is 6.78. The molecule has 0 amide bonds. The summed E-state index contributed by atoms with van der Waals surface area (Å²) in [7, 11) is 0. The van der Waals surface area contributed by atoms with E-state index in [1.165, 1.54) is 22.0 Å². The molecule has 3 aromatic rings. The van der Waals surface area contributed by atoms with E-state index in [1.54, 1.807) is 6.07 Å². The van der Waals surface area contributed by atoms with Crippen molar-refractivity contribution in [3.05, 3.63) is 76.3 Å². The Hall–Kier alpha value is -2.50.